The Bertz CT molecular complexity index is 486. The maximum Gasteiger partial charge on any atom is 0.0452 e. The minimum Gasteiger partial charge on any atom is -0.321 e. The first-order valence-corrected chi connectivity index (χ1v) is 6.58. The molecule has 2 aliphatic rings. The maximum atomic E-state index is 4.19. The fourth-order valence-electron chi connectivity index (χ4n) is 2.66. The van der Waals surface area contributed by atoms with Gasteiger partial charge in [0.2, 0.25) is 0 Å². The summed E-state index contributed by atoms with van der Waals surface area (Å²) < 4.78 is 0. The molecule has 0 N–H and O–H groups in total. The second kappa shape index (κ2) is 5.26. The summed E-state index contributed by atoms with van der Waals surface area (Å²) in [7, 11) is 0. The van der Waals surface area contributed by atoms with Crippen LogP contribution in [0.2, 0.25) is 0 Å². The van der Waals surface area contributed by atoms with Crippen molar-refractivity contribution in [3.8, 4) is 0 Å². The van der Waals surface area contributed by atoms with Crippen molar-refractivity contribution < 1.29 is 0 Å². The van der Waals surface area contributed by atoms with E-state index in [-0.39, 0.29) is 0 Å². The molecule has 1 aliphatic carbocycles. The second-order valence-electron chi connectivity index (χ2n) is 4.73. The van der Waals surface area contributed by atoms with Gasteiger partial charge < -0.3 is 4.90 Å². The van der Waals surface area contributed by atoms with Crippen molar-refractivity contribution in [1.29, 1.82) is 0 Å². The molecule has 1 nitrogen and oxygen atoms in total. The summed E-state index contributed by atoms with van der Waals surface area (Å²) in [6.07, 6.45) is 12.8. The molecule has 0 radical (unpaired) electrons. The zero-order valence-electron chi connectivity index (χ0n) is 11.2. The third kappa shape index (κ3) is 2.13. The maximum absolute atomic E-state index is 4.19. The van der Waals surface area contributed by atoms with E-state index in [1.54, 1.807) is 11.6 Å². The van der Waals surface area contributed by atoms with Gasteiger partial charge in [-0.15, -0.1) is 0 Å². The Kier molecular flexibility index (Phi) is 3.71. The predicted octanol–water partition coefficient (Wildman–Crippen LogP) is 4.85. The molecule has 0 unspecified atom stereocenters. The van der Waals surface area contributed by atoms with Crippen molar-refractivity contribution in [2.45, 2.75) is 32.6 Å². The molecule has 1 aliphatic heterocycles. The van der Waals surface area contributed by atoms with Gasteiger partial charge in [-0.25, -0.2) is 0 Å². The number of hydrogen-bond donors (Lipinski definition) is 0. The molecule has 0 bridgehead atoms. The Morgan fingerprint density at radius 3 is 2.78 bits per heavy atom. The van der Waals surface area contributed by atoms with Crippen LogP contribution < -0.4 is 0 Å². The van der Waals surface area contributed by atoms with Crippen molar-refractivity contribution in [2.24, 2.45) is 0 Å². The molecular weight excluding hydrogens is 218 g/mol. The minimum absolute atomic E-state index is 0.993. The van der Waals surface area contributed by atoms with Gasteiger partial charge in [0.25, 0.3) is 0 Å². The molecule has 0 saturated heterocycles. The molecule has 0 fully saturated rings. The zero-order valence-corrected chi connectivity index (χ0v) is 11.2. The molecule has 0 aromatic heterocycles. The topological polar surface area (TPSA) is 3.24 Å². The highest BCUT2D eigenvalue weighted by Gasteiger charge is 2.23. The van der Waals surface area contributed by atoms with Gasteiger partial charge in [0.05, 0.1) is 0 Å². The smallest absolute Gasteiger partial charge is 0.0452 e. The molecule has 1 heterocycles. The number of rotatable bonds is 3. The van der Waals surface area contributed by atoms with Gasteiger partial charge in [-0.2, -0.15) is 0 Å². The van der Waals surface area contributed by atoms with E-state index in [9.17, 15) is 0 Å². The lowest BCUT2D eigenvalue weighted by Crippen LogP contribution is -2.20. The summed E-state index contributed by atoms with van der Waals surface area (Å²) in [6, 6.07) is 0. The highest BCUT2D eigenvalue weighted by Crippen LogP contribution is 2.37. The first-order valence-electron chi connectivity index (χ1n) is 6.58. The molecule has 0 spiro atoms. The van der Waals surface area contributed by atoms with Crippen molar-refractivity contribution in [2.75, 3.05) is 0 Å². The van der Waals surface area contributed by atoms with Crippen LogP contribution in [-0.4, -0.2) is 4.90 Å². The van der Waals surface area contributed by atoms with Crippen LogP contribution in [0.3, 0.4) is 0 Å². The van der Waals surface area contributed by atoms with E-state index in [1.165, 1.54) is 18.5 Å². The molecule has 0 aromatic rings. The average Bonchev–Trinajstić information content (AvgIpc) is 2.83. The van der Waals surface area contributed by atoms with E-state index in [0.717, 1.165) is 29.7 Å². The number of allylic oxidation sites excluding steroid dienone is 6. The summed E-state index contributed by atoms with van der Waals surface area (Å²) >= 11 is 0. The minimum atomic E-state index is 0.993. The Labute approximate surface area is 110 Å². The van der Waals surface area contributed by atoms with Gasteiger partial charge in [-0.05, 0) is 42.9 Å². The SMILES string of the molecule is C=CC=C1C=CN(C2=C(CC)CCC2)C(=C)C1=C. The summed E-state index contributed by atoms with van der Waals surface area (Å²) in [5.41, 5.74) is 6.07. The molecule has 0 saturated carbocycles. The summed E-state index contributed by atoms with van der Waals surface area (Å²) in [5, 5.41) is 0. The van der Waals surface area contributed by atoms with Gasteiger partial charge in [0.15, 0.2) is 0 Å². The predicted molar refractivity (Wildman–Crippen MR) is 78.7 cm³/mol. The molecule has 1 heteroatoms. The molecule has 0 aromatic carbocycles. The summed E-state index contributed by atoms with van der Waals surface area (Å²) in [4.78, 5) is 2.22. The highest BCUT2D eigenvalue weighted by molar-refractivity contribution is 5.54. The largest absolute Gasteiger partial charge is 0.321 e. The van der Waals surface area contributed by atoms with Crippen molar-refractivity contribution >= 4 is 0 Å². The van der Waals surface area contributed by atoms with Crippen molar-refractivity contribution in [3.63, 3.8) is 0 Å². The van der Waals surface area contributed by atoms with Crippen LogP contribution in [0.25, 0.3) is 0 Å². The fraction of sp³-hybridized carbons (Fsp3) is 0.294. The number of nitrogens with zero attached hydrogens (tertiary/aromatic N) is 1. The van der Waals surface area contributed by atoms with Gasteiger partial charge in [-0.3, -0.25) is 0 Å². The molecule has 18 heavy (non-hydrogen) atoms. The van der Waals surface area contributed by atoms with Gasteiger partial charge in [0, 0.05) is 17.6 Å². The van der Waals surface area contributed by atoms with Crippen LogP contribution in [0.4, 0.5) is 0 Å². The van der Waals surface area contributed by atoms with E-state index in [4.69, 9.17) is 0 Å². The monoisotopic (exact) mass is 239 g/mol. The lowest BCUT2D eigenvalue weighted by Gasteiger charge is -2.30. The summed E-state index contributed by atoms with van der Waals surface area (Å²) in [6.45, 7) is 14.3. The first-order chi connectivity index (χ1) is 8.69. The van der Waals surface area contributed by atoms with Crippen LogP contribution in [0.15, 0.2) is 72.3 Å². The van der Waals surface area contributed by atoms with Crippen molar-refractivity contribution in [3.05, 3.63) is 72.3 Å². The van der Waals surface area contributed by atoms with Crippen LogP contribution in [-0.2, 0) is 0 Å². The fourth-order valence-corrected chi connectivity index (χ4v) is 2.66. The molecule has 2 rings (SSSR count). The standard InChI is InChI=1S/C17H21N/c1-5-8-16-11-12-18(14(4)13(16)3)17-10-7-9-15(17)6-2/h5,8,11-12H,1,3-4,6-7,9-10H2,2H3. The van der Waals surface area contributed by atoms with Gasteiger partial charge >= 0.3 is 0 Å². The third-order valence-electron chi connectivity index (χ3n) is 3.71. The van der Waals surface area contributed by atoms with Gasteiger partial charge in [-0.1, -0.05) is 44.4 Å². The van der Waals surface area contributed by atoms with E-state index in [1.807, 2.05) is 6.08 Å². The second-order valence-corrected chi connectivity index (χ2v) is 4.73. The Balaban J connectivity index is 2.35. The van der Waals surface area contributed by atoms with Gasteiger partial charge in [0.1, 0.15) is 0 Å². The quantitative estimate of drug-likeness (QED) is 0.680. The van der Waals surface area contributed by atoms with E-state index < -0.39 is 0 Å². The summed E-state index contributed by atoms with van der Waals surface area (Å²) in [5.74, 6) is 0. The van der Waals surface area contributed by atoms with Crippen LogP contribution >= 0.6 is 0 Å². The Morgan fingerprint density at radius 2 is 2.11 bits per heavy atom. The highest BCUT2D eigenvalue weighted by atomic mass is 15.1. The van der Waals surface area contributed by atoms with Crippen LogP contribution in [0.1, 0.15) is 32.6 Å². The lowest BCUT2D eigenvalue weighted by atomic mass is 9.99. The zero-order chi connectivity index (χ0) is 13.1. The average molecular weight is 239 g/mol. The molecule has 0 atom stereocenters. The third-order valence-corrected chi connectivity index (χ3v) is 3.71. The van der Waals surface area contributed by atoms with Crippen LogP contribution in [0.5, 0.6) is 0 Å². The lowest BCUT2D eigenvalue weighted by molar-refractivity contribution is 0.554. The Morgan fingerprint density at radius 1 is 1.33 bits per heavy atom. The van der Waals surface area contributed by atoms with E-state index in [2.05, 4.69) is 43.8 Å². The first kappa shape index (κ1) is 12.7. The van der Waals surface area contributed by atoms with Crippen LogP contribution in [0, 0.1) is 0 Å². The number of hydrogen-bond acceptors (Lipinski definition) is 1. The Hall–Kier alpha value is -1.76. The molecule has 0 amide bonds. The van der Waals surface area contributed by atoms with E-state index in [0.29, 0.717) is 0 Å². The van der Waals surface area contributed by atoms with E-state index >= 15 is 0 Å². The molecule has 94 valence electrons. The normalized spacial score (nSPS) is 22.3. The molecular formula is C17H21N. The van der Waals surface area contributed by atoms with Crippen molar-refractivity contribution in [1.82, 2.24) is 4.90 Å².